The molecule has 0 saturated carbocycles. The summed E-state index contributed by atoms with van der Waals surface area (Å²) >= 11 is 1.86. The van der Waals surface area contributed by atoms with Crippen LogP contribution in [-0.4, -0.2) is 18.8 Å². The summed E-state index contributed by atoms with van der Waals surface area (Å²) in [4.78, 5) is 12.6. The van der Waals surface area contributed by atoms with Gasteiger partial charge in [0.1, 0.15) is 0 Å². The highest BCUT2D eigenvalue weighted by Crippen LogP contribution is 2.30. The lowest BCUT2D eigenvalue weighted by atomic mass is 10.1. The van der Waals surface area contributed by atoms with Gasteiger partial charge in [-0.15, -0.1) is 11.8 Å². The van der Waals surface area contributed by atoms with Crippen LogP contribution in [0.4, 0.5) is 0 Å². The molecule has 2 rings (SSSR count). The van der Waals surface area contributed by atoms with E-state index in [4.69, 9.17) is 0 Å². The van der Waals surface area contributed by atoms with Gasteiger partial charge in [-0.05, 0) is 42.4 Å². The molecule has 0 N–H and O–H groups in total. The minimum Gasteiger partial charge on any atom is -0.465 e. The molecule has 1 aliphatic heterocycles. The number of thioether (sulfide) groups is 1. The number of carbonyl (C=O) groups is 1. The van der Waals surface area contributed by atoms with Gasteiger partial charge in [-0.1, -0.05) is 0 Å². The first-order valence-corrected chi connectivity index (χ1v) is 5.64. The van der Waals surface area contributed by atoms with Crippen molar-refractivity contribution in [3.8, 4) is 0 Å². The minimum absolute atomic E-state index is 0.247. The Morgan fingerprint density at radius 3 is 3.14 bits per heavy atom. The molecule has 3 heteroatoms. The highest BCUT2D eigenvalue weighted by molar-refractivity contribution is 7.99. The second-order valence-electron chi connectivity index (χ2n) is 3.27. The van der Waals surface area contributed by atoms with Crippen molar-refractivity contribution in [2.75, 3.05) is 12.9 Å². The molecular formula is C11H12O2S. The molecule has 0 amide bonds. The Hall–Kier alpha value is -0.960. The molecule has 1 heterocycles. The summed E-state index contributed by atoms with van der Waals surface area (Å²) in [7, 11) is 1.41. The molecule has 0 aliphatic carbocycles. The molecule has 1 aliphatic rings. The number of ether oxygens (including phenoxy) is 1. The monoisotopic (exact) mass is 208 g/mol. The Kier molecular flexibility index (Phi) is 2.77. The molecule has 0 spiro atoms. The van der Waals surface area contributed by atoms with Crippen molar-refractivity contribution >= 4 is 17.7 Å². The first-order chi connectivity index (χ1) is 6.81. The normalized spacial score (nSPS) is 14.6. The third-order valence-corrected chi connectivity index (χ3v) is 3.53. The molecule has 0 fully saturated rings. The highest BCUT2D eigenvalue weighted by Gasteiger charge is 2.12. The van der Waals surface area contributed by atoms with Crippen LogP contribution in [0.2, 0.25) is 0 Å². The molecule has 0 saturated heterocycles. The molecule has 0 unspecified atom stereocenters. The SMILES string of the molecule is COC(=O)c1ccc2c(c1)CCCS2. The first kappa shape index (κ1) is 9.59. The number of rotatable bonds is 1. The number of esters is 1. The van der Waals surface area contributed by atoms with E-state index in [9.17, 15) is 4.79 Å². The average Bonchev–Trinajstić information content (AvgIpc) is 2.27. The lowest BCUT2D eigenvalue weighted by molar-refractivity contribution is 0.0600. The first-order valence-electron chi connectivity index (χ1n) is 4.65. The second-order valence-corrected chi connectivity index (χ2v) is 4.40. The lowest BCUT2D eigenvalue weighted by Gasteiger charge is -2.15. The van der Waals surface area contributed by atoms with Crippen LogP contribution < -0.4 is 0 Å². The van der Waals surface area contributed by atoms with E-state index in [1.54, 1.807) is 0 Å². The number of carbonyl (C=O) groups excluding carboxylic acids is 1. The number of methoxy groups -OCH3 is 1. The van der Waals surface area contributed by atoms with Crippen molar-refractivity contribution in [2.24, 2.45) is 0 Å². The van der Waals surface area contributed by atoms with Gasteiger partial charge in [0.05, 0.1) is 12.7 Å². The minimum atomic E-state index is -0.247. The van der Waals surface area contributed by atoms with Gasteiger partial charge in [0, 0.05) is 4.90 Å². The van der Waals surface area contributed by atoms with Crippen LogP contribution in [0.15, 0.2) is 23.1 Å². The maximum absolute atomic E-state index is 11.3. The van der Waals surface area contributed by atoms with Gasteiger partial charge in [-0.3, -0.25) is 0 Å². The second kappa shape index (κ2) is 4.05. The van der Waals surface area contributed by atoms with Crippen molar-refractivity contribution in [3.05, 3.63) is 29.3 Å². The van der Waals surface area contributed by atoms with Crippen LogP contribution in [0.3, 0.4) is 0 Å². The number of hydrogen-bond acceptors (Lipinski definition) is 3. The Balaban J connectivity index is 2.33. The average molecular weight is 208 g/mol. The van der Waals surface area contributed by atoms with Crippen LogP contribution >= 0.6 is 11.8 Å². The van der Waals surface area contributed by atoms with Crippen LogP contribution in [-0.2, 0) is 11.2 Å². The van der Waals surface area contributed by atoms with Crippen LogP contribution in [0.5, 0.6) is 0 Å². The Morgan fingerprint density at radius 2 is 2.36 bits per heavy atom. The molecule has 0 aromatic heterocycles. The molecule has 0 atom stereocenters. The Labute approximate surface area is 87.6 Å². The molecule has 0 bridgehead atoms. The van der Waals surface area contributed by atoms with E-state index in [0.29, 0.717) is 5.56 Å². The Morgan fingerprint density at radius 1 is 1.50 bits per heavy atom. The number of benzene rings is 1. The molecule has 1 aromatic rings. The zero-order valence-corrected chi connectivity index (χ0v) is 8.89. The number of aryl methyl sites for hydroxylation is 1. The van der Waals surface area contributed by atoms with Crippen LogP contribution in [0.1, 0.15) is 22.3 Å². The smallest absolute Gasteiger partial charge is 0.337 e. The van der Waals surface area contributed by atoms with E-state index in [1.807, 2.05) is 30.0 Å². The predicted octanol–water partition coefficient (Wildman–Crippen LogP) is 2.51. The Bertz CT molecular complexity index is 360. The molecule has 14 heavy (non-hydrogen) atoms. The van der Waals surface area contributed by atoms with Crippen LogP contribution in [0.25, 0.3) is 0 Å². The molecular weight excluding hydrogens is 196 g/mol. The summed E-state index contributed by atoms with van der Waals surface area (Å²) in [6, 6.07) is 5.81. The fourth-order valence-electron chi connectivity index (χ4n) is 1.61. The molecule has 0 radical (unpaired) electrons. The van der Waals surface area contributed by atoms with Gasteiger partial charge < -0.3 is 4.74 Å². The summed E-state index contributed by atoms with van der Waals surface area (Å²) in [5.41, 5.74) is 1.94. The summed E-state index contributed by atoms with van der Waals surface area (Å²) in [5.74, 6) is 0.938. The summed E-state index contributed by atoms with van der Waals surface area (Å²) < 4.78 is 4.68. The third kappa shape index (κ3) is 1.77. The lowest BCUT2D eigenvalue weighted by Crippen LogP contribution is -2.04. The van der Waals surface area contributed by atoms with Gasteiger partial charge in [-0.2, -0.15) is 0 Å². The maximum Gasteiger partial charge on any atom is 0.337 e. The topological polar surface area (TPSA) is 26.3 Å². The van der Waals surface area contributed by atoms with Crippen molar-refractivity contribution in [3.63, 3.8) is 0 Å². The largest absolute Gasteiger partial charge is 0.465 e. The maximum atomic E-state index is 11.3. The van der Waals surface area contributed by atoms with E-state index >= 15 is 0 Å². The van der Waals surface area contributed by atoms with E-state index in [2.05, 4.69) is 4.74 Å². The van der Waals surface area contributed by atoms with E-state index in [1.165, 1.54) is 29.7 Å². The van der Waals surface area contributed by atoms with Crippen LogP contribution in [0, 0.1) is 0 Å². The number of fused-ring (bicyclic) bond motifs is 1. The van der Waals surface area contributed by atoms with E-state index < -0.39 is 0 Å². The van der Waals surface area contributed by atoms with Gasteiger partial charge in [-0.25, -0.2) is 4.79 Å². The standard InChI is InChI=1S/C11H12O2S/c1-13-11(12)9-4-5-10-8(7-9)3-2-6-14-10/h4-5,7H,2-3,6H2,1H3. The predicted molar refractivity (Wildman–Crippen MR) is 56.8 cm³/mol. The highest BCUT2D eigenvalue weighted by atomic mass is 32.2. The fraction of sp³-hybridized carbons (Fsp3) is 0.364. The summed E-state index contributed by atoms with van der Waals surface area (Å²) in [5, 5.41) is 0. The van der Waals surface area contributed by atoms with Gasteiger partial charge in [0.15, 0.2) is 0 Å². The number of hydrogen-bond donors (Lipinski definition) is 0. The quantitative estimate of drug-likeness (QED) is 0.663. The zero-order valence-electron chi connectivity index (χ0n) is 8.08. The van der Waals surface area contributed by atoms with E-state index in [-0.39, 0.29) is 5.97 Å². The molecule has 1 aromatic carbocycles. The third-order valence-electron chi connectivity index (χ3n) is 2.33. The van der Waals surface area contributed by atoms with E-state index in [0.717, 1.165) is 6.42 Å². The van der Waals surface area contributed by atoms with Crippen molar-refractivity contribution in [2.45, 2.75) is 17.7 Å². The molecule has 2 nitrogen and oxygen atoms in total. The van der Waals surface area contributed by atoms with Gasteiger partial charge in [0.2, 0.25) is 0 Å². The molecule has 74 valence electrons. The van der Waals surface area contributed by atoms with Gasteiger partial charge >= 0.3 is 5.97 Å². The van der Waals surface area contributed by atoms with Crippen molar-refractivity contribution in [1.29, 1.82) is 0 Å². The van der Waals surface area contributed by atoms with Crippen molar-refractivity contribution < 1.29 is 9.53 Å². The summed E-state index contributed by atoms with van der Waals surface area (Å²) in [6.07, 6.45) is 2.27. The zero-order chi connectivity index (χ0) is 9.97. The summed E-state index contributed by atoms with van der Waals surface area (Å²) in [6.45, 7) is 0. The fourth-order valence-corrected chi connectivity index (χ4v) is 2.62. The van der Waals surface area contributed by atoms with Gasteiger partial charge in [0.25, 0.3) is 0 Å². The van der Waals surface area contributed by atoms with Crippen molar-refractivity contribution in [1.82, 2.24) is 0 Å².